The van der Waals surface area contributed by atoms with Gasteiger partial charge in [-0.3, -0.25) is 14.5 Å². The van der Waals surface area contributed by atoms with Crippen molar-refractivity contribution in [3.8, 4) is 0 Å². The maximum Gasteiger partial charge on any atom is 0.261 e. The van der Waals surface area contributed by atoms with Crippen molar-refractivity contribution in [2.24, 2.45) is 0 Å². The summed E-state index contributed by atoms with van der Waals surface area (Å²) >= 11 is 0. The first-order valence-electron chi connectivity index (χ1n) is 10.2. The molecule has 0 N–H and O–H groups in total. The molecule has 0 spiro atoms. The zero-order valence-corrected chi connectivity index (χ0v) is 18.4. The van der Waals surface area contributed by atoms with E-state index in [-0.39, 0.29) is 17.6 Å². The highest BCUT2D eigenvalue weighted by Gasteiger charge is 2.54. The van der Waals surface area contributed by atoms with Gasteiger partial charge in [-0.05, 0) is 54.9 Å². The Labute approximate surface area is 172 Å². The maximum absolute atomic E-state index is 13.5. The van der Waals surface area contributed by atoms with Gasteiger partial charge in [0.25, 0.3) is 11.8 Å². The Morgan fingerprint density at radius 2 is 1.55 bits per heavy atom. The average Bonchev–Trinajstić information content (AvgIpc) is 2.74. The summed E-state index contributed by atoms with van der Waals surface area (Å²) in [6.45, 7) is 8.25. The molecule has 0 aromatic heterocycles. The number of carbonyl (C=O) groups excluding carboxylic acids is 2. The second kappa shape index (κ2) is 8.59. The summed E-state index contributed by atoms with van der Waals surface area (Å²) in [5.41, 5.74) is 2.21. The zero-order valence-electron chi connectivity index (χ0n) is 17.4. The standard InChI is InChI=1S/C23H28FNO3Si/c1-5-29(6-2,7-3)28-21-20(17-12-14-19(24)15-13-17)25(23(21)27)22(26)18-10-8-16(4)9-11-18/h8-15,20-21H,5-7H2,1-4H3/t20-,21+/m0/s1. The second-order valence-electron chi connectivity index (χ2n) is 7.66. The summed E-state index contributed by atoms with van der Waals surface area (Å²) in [5.74, 6) is -1.01. The number of β-lactam (4-membered cyclic amide) rings is 1. The molecule has 3 rings (SSSR count). The molecule has 1 saturated heterocycles. The van der Waals surface area contributed by atoms with Gasteiger partial charge in [-0.25, -0.2) is 4.39 Å². The average molecular weight is 414 g/mol. The number of hydrogen-bond acceptors (Lipinski definition) is 3. The SMILES string of the molecule is CC[Si](CC)(CC)O[C@H]1C(=O)N(C(=O)c2ccc(C)cc2)[C@H]1c1ccc(F)cc1. The molecule has 1 fully saturated rings. The Balaban J connectivity index is 1.95. The fraction of sp³-hybridized carbons (Fsp3) is 0.391. The smallest absolute Gasteiger partial charge is 0.261 e. The number of aryl methyl sites for hydroxylation is 1. The topological polar surface area (TPSA) is 46.6 Å². The third-order valence-corrected chi connectivity index (χ3v) is 10.7. The number of benzene rings is 2. The fourth-order valence-corrected chi connectivity index (χ4v) is 6.66. The van der Waals surface area contributed by atoms with E-state index in [2.05, 4.69) is 20.8 Å². The molecule has 154 valence electrons. The van der Waals surface area contributed by atoms with Gasteiger partial charge in [0.15, 0.2) is 14.4 Å². The molecule has 4 nitrogen and oxygen atoms in total. The Hall–Kier alpha value is -2.31. The molecule has 29 heavy (non-hydrogen) atoms. The van der Waals surface area contributed by atoms with E-state index in [0.29, 0.717) is 11.1 Å². The molecule has 0 bridgehead atoms. The van der Waals surface area contributed by atoms with Crippen LogP contribution >= 0.6 is 0 Å². The van der Waals surface area contributed by atoms with E-state index in [4.69, 9.17) is 4.43 Å². The lowest BCUT2D eigenvalue weighted by atomic mass is 9.90. The fourth-order valence-electron chi connectivity index (χ4n) is 3.89. The first-order chi connectivity index (χ1) is 13.9. The number of nitrogens with zero attached hydrogens (tertiary/aromatic N) is 1. The van der Waals surface area contributed by atoms with Crippen molar-refractivity contribution in [3.63, 3.8) is 0 Å². The summed E-state index contributed by atoms with van der Waals surface area (Å²) in [7, 11) is -2.06. The number of amides is 2. The largest absolute Gasteiger partial charge is 0.403 e. The second-order valence-corrected chi connectivity index (χ2v) is 12.4. The molecule has 1 aliphatic heterocycles. The van der Waals surface area contributed by atoms with Gasteiger partial charge in [0.1, 0.15) is 5.82 Å². The van der Waals surface area contributed by atoms with Crippen LogP contribution < -0.4 is 0 Å². The first-order valence-corrected chi connectivity index (χ1v) is 12.8. The zero-order chi connectivity index (χ0) is 21.2. The minimum Gasteiger partial charge on any atom is -0.403 e. The van der Waals surface area contributed by atoms with Crippen LogP contribution in [0.2, 0.25) is 18.1 Å². The van der Waals surface area contributed by atoms with Gasteiger partial charge >= 0.3 is 0 Å². The summed E-state index contributed by atoms with van der Waals surface area (Å²) < 4.78 is 19.9. The lowest BCUT2D eigenvalue weighted by Crippen LogP contribution is -2.64. The first kappa shape index (κ1) is 21.4. The Morgan fingerprint density at radius 1 is 1.00 bits per heavy atom. The summed E-state index contributed by atoms with van der Waals surface area (Å²) in [6.07, 6.45) is -0.693. The van der Waals surface area contributed by atoms with E-state index < -0.39 is 20.5 Å². The number of halogens is 1. The predicted molar refractivity (Wildman–Crippen MR) is 114 cm³/mol. The van der Waals surface area contributed by atoms with Crippen LogP contribution in [0.15, 0.2) is 48.5 Å². The quantitative estimate of drug-likeness (QED) is 0.354. The molecule has 2 aromatic carbocycles. The van der Waals surface area contributed by atoms with Gasteiger partial charge in [0.2, 0.25) is 0 Å². The molecule has 1 aliphatic rings. The van der Waals surface area contributed by atoms with E-state index in [1.165, 1.54) is 17.0 Å². The van der Waals surface area contributed by atoms with E-state index in [1.807, 2.05) is 19.1 Å². The third kappa shape index (κ3) is 4.05. The van der Waals surface area contributed by atoms with Crippen LogP contribution in [-0.4, -0.2) is 31.1 Å². The van der Waals surface area contributed by atoms with Crippen LogP contribution in [0.5, 0.6) is 0 Å². The lowest BCUT2D eigenvalue weighted by molar-refractivity contribution is -0.158. The van der Waals surface area contributed by atoms with E-state index >= 15 is 0 Å². The Morgan fingerprint density at radius 3 is 2.07 bits per heavy atom. The molecule has 0 unspecified atom stereocenters. The van der Waals surface area contributed by atoms with Crippen LogP contribution in [-0.2, 0) is 9.22 Å². The number of likely N-dealkylation sites (tertiary alicyclic amines) is 1. The number of hydrogen-bond donors (Lipinski definition) is 0. The van der Waals surface area contributed by atoms with Crippen LogP contribution in [0.25, 0.3) is 0 Å². The van der Waals surface area contributed by atoms with Crippen molar-refractivity contribution in [2.45, 2.75) is 58.0 Å². The highest BCUT2D eigenvalue weighted by atomic mass is 28.4. The minimum absolute atomic E-state index is 0.308. The van der Waals surface area contributed by atoms with Crippen molar-refractivity contribution >= 4 is 20.1 Å². The van der Waals surface area contributed by atoms with E-state index in [0.717, 1.165) is 23.7 Å². The van der Waals surface area contributed by atoms with Crippen molar-refractivity contribution in [3.05, 3.63) is 71.0 Å². The number of imide groups is 1. The lowest BCUT2D eigenvalue weighted by Gasteiger charge is -2.48. The van der Waals surface area contributed by atoms with Gasteiger partial charge < -0.3 is 4.43 Å². The molecule has 0 aliphatic carbocycles. The summed E-state index contributed by atoms with van der Waals surface area (Å²) in [4.78, 5) is 27.4. The van der Waals surface area contributed by atoms with Gasteiger partial charge in [0, 0.05) is 5.56 Å². The van der Waals surface area contributed by atoms with Crippen molar-refractivity contribution in [2.75, 3.05) is 0 Å². The molecule has 0 saturated carbocycles. The maximum atomic E-state index is 13.5. The number of carbonyl (C=O) groups is 2. The van der Waals surface area contributed by atoms with E-state index in [1.54, 1.807) is 24.3 Å². The molecule has 2 aromatic rings. The van der Waals surface area contributed by atoms with Gasteiger partial charge in [-0.2, -0.15) is 0 Å². The minimum atomic E-state index is -2.06. The van der Waals surface area contributed by atoms with Crippen molar-refractivity contribution in [1.82, 2.24) is 4.90 Å². The molecule has 2 atom stereocenters. The third-order valence-electron chi connectivity index (χ3n) is 6.08. The predicted octanol–water partition coefficient (Wildman–Crippen LogP) is 5.25. The highest BCUT2D eigenvalue weighted by molar-refractivity contribution is 6.73. The summed E-state index contributed by atoms with van der Waals surface area (Å²) in [5, 5.41) is 0. The molecule has 6 heteroatoms. The normalized spacial score (nSPS) is 19.2. The molecule has 1 heterocycles. The molecular weight excluding hydrogens is 385 g/mol. The van der Waals surface area contributed by atoms with E-state index in [9.17, 15) is 14.0 Å². The van der Waals surface area contributed by atoms with Crippen LogP contribution in [0.3, 0.4) is 0 Å². The molecular formula is C23H28FNO3Si. The van der Waals surface area contributed by atoms with Crippen LogP contribution in [0.4, 0.5) is 4.39 Å². The Bertz CT molecular complexity index is 870. The number of rotatable bonds is 7. The van der Waals surface area contributed by atoms with Gasteiger partial charge in [-0.1, -0.05) is 50.6 Å². The molecule has 0 radical (unpaired) electrons. The highest BCUT2D eigenvalue weighted by Crippen LogP contribution is 2.41. The Kier molecular flexibility index (Phi) is 6.34. The van der Waals surface area contributed by atoms with Crippen LogP contribution in [0, 0.1) is 12.7 Å². The van der Waals surface area contributed by atoms with Crippen molar-refractivity contribution < 1.29 is 18.4 Å². The van der Waals surface area contributed by atoms with Gasteiger partial charge in [0.05, 0.1) is 6.04 Å². The monoisotopic (exact) mass is 413 g/mol. The van der Waals surface area contributed by atoms with Crippen molar-refractivity contribution in [1.29, 1.82) is 0 Å². The van der Waals surface area contributed by atoms with Gasteiger partial charge in [-0.15, -0.1) is 0 Å². The summed E-state index contributed by atoms with van der Waals surface area (Å²) in [6, 6.07) is 15.3. The molecule has 2 amide bonds. The van der Waals surface area contributed by atoms with Crippen LogP contribution in [0.1, 0.15) is 48.3 Å².